The molecule has 1 aromatic carbocycles. The van der Waals surface area contributed by atoms with E-state index in [1.807, 2.05) is 60.6 Å². The van der Waals surface area contributed by atoms with E-state index in [0.29, 0.717) is 19.8 Å². The zero-order valence-corrected chi connectivity index (χ0v) is 19.0. The molecule has 0 bridgehead atoms. The van der Waals surface area contributed by atoms with Crippen molar-refractivity contribution in [2.75, 3.05) is 44.3 Å². The SMILES string of the molecule is Cc1ccc(C(=O)N2CCCC(c3nc(N4CCOCC4)ncc3-c3cccnc3)C2)cc1. The number of piperidine rings is 1. The zero-order chi connectivity index (χ0) is 22.6. The molecule has 7 nitrogen and oxygen atoms in total. The van der Waals surface area contributed by atoms with Crippen LogP contribution in [0.2, 0.25) is 0 Å². The van der Waals surface area contributed by atoms with Crippen LogP contribution in [0, 0.1) is 6.92 Å². The van der Waals surface area contributed by atoms with Gasteiger partial charge < -0.3 is 14.5 Å². The molecule has 0 N–H and O–H groups in total. The van der Waals surface area contributed by atoms with Gasteiger partial charge >= 0.3 is 0 Å². The summed E-state index contributed by atoms with van der Waals surface area (Å²) in [6.07, 6.45) is 7.49. The van der Waals surface area contributed by atoms with E-state index in [1.165, 1.54) is 0 Å². The van der Waals surface area contributed by atoms with Gasteiger partial charge in [0.1, 0.15) is 0 Å². The van der Waals surface area contributed by atoms with E-state index in [0.717, 1.165) is 66.4 Å². The van der Waals surface area contributed by atoms with Crippen LogP contribution in [0.3, 0.4) is 0 Å². The molecular weight excluding hydrogens is 414 g/mol. The third-order valence-corrected chi connectivity index (χ3v) is 6.47. The van der Waals surface area contributed by atoms with E-state index in [9.17, 15) is 4.79 Å². The van der Waals surface area contributed by atoms with Gasteiger partial charge in [-0.15, -0.1) is 0 Å². The molecule has 2 saturated heterocycles. The van der Waals surface area contributed by atoms with Crippen molar-refractivity contribution in [1.82, 2.24) is 19.9 Å². The normalized spacial score (nSPS) is 18.9. The third kappa shape index (κ3) is 4.73. The highest BCUT2D eigenvalue weighted by Crippen LogP contribution is 2.34. The van der Waals surface area contributed by atoms with Gasteiger partial charge in [0.15, 0.2) is 0 Å². The van der Waals surface area contributed by atoms with Gasteiger partial charge in [-0.3, -0.25) is 9.78 Å². The van der Waals surface area contributed by atoms with Gasteiger partial charge in [-0.1, -0.05) is 23.8 Å². The molecule has 7 heteroatoms. The molecule has 2 aliphatic rings. The van der Waals surface area contributed by atoms with Crippen molar-refractivity contribution in [3.05, 3.63) is 71.8 Å². The Balaban J connectivity index is 1.46. The van der Waals surface area contributed by atoms with Crippen LogP contribution in [-0.2, 0) is 4.74 Å². The zero-order valence-electron chi connectivity index (χ0n) is 19.0. The first-order valence-corrected chi connectivity index (χ1v) is 11.6. The number of morpholine rings is 1. The fraction of sp³-hybridized carbons (Fsp3) is 0.385. The summed E-state index contributed by atoms with van der Waals surface area (Å²) in [5, 5.41) is 0. The largest absolute Gasteiger partial charge is 0.378 e. The van der Waals surface area contributed by atoms with E-state index in [-0.39, 0.29) is 11.8 Å². The van der Waals surface area contributed by atoms with Crippen LogP contribution in [-0.4, -0.2) is 65.2 Å². The van der Waals surface area contributed by atoms with Gasteiger partial charge in [0.2, 0.25) is 5.95 Å². The molecule has 4 heterocycles. The molecule has 0 saturated carbocycles. The molecule has 2 aliphatic heterocycles. The number of likely N-dealkylation sites (tertiary alicyclic amines) is 1. The second-order valence-electron chi connectivity index (χ2n) is 8.77. The first kappa shape index (κ1) is 21.5. The van der Waals surface area contributed by atoms with Gasteiger partial charge in [-0.25, -0.2) is 9.97 Å². The molecule has 1 amide bonds. The predicted molar refractivity (Wildman–Crippen MR) is 127 cm³/mol. The quantitative estimate of drug-likeness (QED) is 0.612. The lowest BCUT2D eigenvalue weighted by Gasteiger charge is -2.34. The topological polar surface area (TPSA) is 71.5 Å². The van der Waals surface area contributed by atoms with Gasteiger partial charge in [-0.2, -0.15) is 0 Å². The summed E-state index contributed by atoms with van der Waals surface area (Å²) < 4.78 is 5.50. The third-order valence-electron chi connectivity index (χ3n) is 6.47. The summed E-state index contributed by atoms with van der Waals surface area (Å²) in [6.45, 7) is 6.40. The first-order valence-electron chi connectivity index (χ1n) is 11.6. The smallest absolute Gasteiger partial charge is 0.253 e. The summed E-state index contributed by atoms with van der Waals surface area (Å²) in [5.74, 6) is 0.971. The number of nitrogens with zero attached hydrogens (tertiary/aromatic N) is 5. The van der Waals surface area contributed by atoms with Crippen LogP contribution in [0.25, 0.3) is 11.1 Å². The molecule has 0 aliphatic carbocycles. The van der Waals surface area contributed by atoms with Crippen LogP contribution in [0.4, 0.5) is 5.95 Å². The molecule has 2 fully saturated rings. The van der Waals surface area contributed by atoms with Crippen molar-refractivity contribution in [3.63, 3.8) is 0 Å². The van der Waals surface area contributed by atoms with Crippen LogP contribution in [0.5, 0.6) is 0 Å². The van der Waals surface area contributed by atoms with E-state index >= 15 is 0 Å². The molecule has 1 atom stereocenters. The molecule has 2 aromatic heterocycles. The van der Waals surface area contributed by atoms with Crippen molar-refractivity contribution < 1.29 is 9.53 Å². The Morgan fingerprint density at radius 2 is 1.88 bits per heavy atom. The van der Waals surface area contributed by atoms with Crippen molar-refractivity contribution in [3.8, 4) is 11.1 Å². The highest BCUT2D eigenvalue weighted by molar-refractivity contribution is 5.94. The van der Waals surface area contributed by atoms with Gasteiger partial charge in [0.25, 0.3) is 5.91 Å². The van der Waals surface area contributed by atoms with Crippen LogP contribution < -0.4 is 4.90 Å². The van der Waals surface area contributed by atoms with Crippen molar-refractivity contribution in [2.24, 2.45) is 0 Å². The molecule has 170 valence electrons. The summed E-state index contributed by atoms with van der Waals surface area (Å²) in [7, 11) is 0. The number of amides is 1. The number of pyridine rings is 1. The number of anilines is 1. The number of aryl methyl sites for hydroxylation is 1. The summed E-state index contributed by atoms with van der Waals surface area (Å²) in [4.78, 5) is 31.4. The number of aromatic nitrogens is 3. The van der Waals surface area contributed by atoms with Gasteiger partial charge in [-0.05, 0) is 38.0 Å². The average Bonchev–Trinajstić information content (AvgIpc) is 2.89. The maximum absolute atomic E-state index is 13.2. The summed E-state index contributed by atoms with van der Waals surface area (Å²) >= 11 is 0. The van der Waals surface area contributed by atoms with Crippen molar-refractivity contribution >= 4 is 11.9 Å². The van der Waals surface area contributed by atoms with Crippen LogP contribution >= 0.6 is 0 Å². The average molecular weight is 444 g/mol. The van der Waals surface area contributed by atoms with E-state index in [1.54, 1.807) is 6.20 Å². The second-order valence-corrected chi connectivity index (χ2v) is 8.77. The Hall–Kier alpha value is -3.32. The Labute approximate surface area is 194 Å². The number of carbonyl (C=O) groups is 1. The van der Waals surface area contributed by atoms with Crippen molar-refractivity contribution in [2.45, 2.75) is 25.7 Å². The Morgan fingerprint density at radius 3 is 2.64 bits per heavy atom. The lowest BCUT2D eigenvalue weighted by atomic mass is 9.90. The van der Waals surface area contributed by atoms with E-state index < -0.39 is 0 Å². The number of hydrogen-bond donors (Lipinski definition) is 0. The molecule has 1 unspecified atom stereocenters. The number of rotatable bonds is 4. The molecule has 0 spiro atoms. The monoisotopic (exact) mass is 443 g/mol. The fourth-order valence-electron chi connectivity index (χ4n) is 4.62. The minimum Gasteiger partial charge on any atom is -0.378 e. The van der Waals surface area contributed by atoms with Gasteiger partial charge in [0, 0.05) is 67.4 Å². The minimum absolute atomic E-state index is 0.0880. The van der Waals surface area contributed by atoms with Crippen molar-refractivity contribution in [1.29, 1.82) is 0 Å². The van der Waals surface area contributed by atoms with Crippen LogP contribution in [0.15, 0.2) is 55.0 Å². The highest BCUT2D eigenvalue weighted by Gasteiger charge is 2.29. The van der Waals surface area contributed by atoms with E-state index in [2.05, 4.69) is 9.88 Å². The lowest BCUT2D eigenvalue weighted by molar-refractivity contribution is 0.0706. The number of carbonyl (C=O) groups excluding carboxylic acids is 1. The van der Waals surface area contributed by atoms with Gasteiger partial charge in [0.05, 0.1) is 18.9 Å². The lowest BCUT2D eigenvalue weighted by Crippen LogP contribution is -2.40. The second kappa shape index (κ2) is 9.67. The maximum Gasteiger partial charge on any atom is 0.253 e. The molecule has 5 rings (SSSR count). The number of ether oxygens (including phenoxy) is 1. The fourth-order valence-corrected chi connectivity index (χ4v) is 4.62. The van der Waals surface area contributed by atoms with E-state index in [4.69, 9.17) is 14.7 Å². The Kier molecular flexibility index (Phi) is 6.30. The number of hydrogen-bond acceptors (Lipinski definition) is 6. The molecular formula is C26H29N5O2. The Morgan fingerprint density at radius 1 is 1.06 bits per heavy atom. The minimum atomic E-state index is 0.0880. The molecule has 0 radical (unpaired) electrons. The Bertz CT molecular complexity index is 1100. The summed E-state index contributed by atoms with van der Waals surface area (Å²) in [5.41, 5.74) is 4.89. The molecule has 3 aromatic rings. The standard InChI is InChI=1S/C26H29N5O2/c1-19-6-8-20(9-7-19)25(32)31-11-3-5-22(18-31)24-23(21-4-2-10-27-16-21)17-28-26(29-24)30-12-14-33-15-13-30/h2,4,6-10,16-17,22H,3,5,11-15,18H2,1H3. The summed E-state index contributed by atoms with van der Waals surface area (Å²) in [6, 6.07) is 11.8. The highest BCUT2D eigenvalue weighted by atomic mass is 16.5. The molecule has 33 heavy (non-hydrogen) atoms. The van der Waals surface area contributed by atoms with Crippen LogP contribution in [0.1, 0.15) is 40.4 Å². The predicted octanol–water partition coefficient (Wildman–Crippen LogP) is 3.70. The first-order chi connectivity index (χ1) is 16.2. The maximum atomic E-state index is 13.2. The number of benzene rings is 1.